The molecule has 84 valence electrons. The molecule has 1 aliphatic rings. The zero-order chi connectivity index (χ0) is 10.6. The quantitative estimate of drug-likeness (QED) is 0.682. The Morgan fingerprint density at radius 2 is 2.14 bits per heavy atom. The van der Waals surface area contributed by atoms with E-state index < -0.39 is 10.0 Å². The SMILES string of the molecule is C[C@H](CN)NS(=O)(=O)CCC1CCC1. The average molecular weight is 220 g/mol. The van der Waals surface area contributed by atoms with Crippen molar-refractivity contribution in [1.29, 1.82) is 0 Å². The second-order valence-corrected chi connectivity index (χ2v) is 6.03. The van der Waals surface area contributed by atoms with Gasteiger partial charge in [-0.15, -0.1) is 0 Å². The molecule has 1 fully saturated rings. The summed E-state index contributed by atoms with van der Waals surface area (Å²) < 4.78 is 25.5. The number of hydrogen-bond donors (Lipinski definition) is 2. The van der Waals surface area contributed by atoms with Gasteiger partial charge in [-0.1, -0.05) is 19.3 Å². The molecule has 0 aromatic carbocycles. The summed E-state index contributed by atoms with van der Waals surface area (Å²) in [4.78, 5) is 0. The molecule has 3 N–H and O–H groups in total. The van der Waals surface area contributed by atoms with Crippen LogP contribution in [0.4, 0.5) is 0 Å². The molecule has 0 aliphatic heterocycles. The standard InChI is InChI=1S/C9H20N2O2S/c1-8(7-10)11-14(12,13)6-5-9-3-2-4-9/h8-9,11H,2-7,10H2,1H3/t8-/m1/s1. The van der Waals surface area contributed by atoms with E-state index in [0.717, 1.165) is 6.42 Å². The van der Waals surface area contributed by atoms with Crippen molar-refractivity contribution in [2.75, 3.05) is 12.3 Å². The highest BCUT2D eigenvalue weighted by atomic mass is 32.2. The van der Waals surface area contributed by atoms with Crippen LogP contribution in [0.2, 0.25) is 0 Å². The molecular weight excluding hydrogens is 200 g/mol. The van der Waals surface area contributed by atoms with Crippen LogP contribution >= 0.6 is 0 Å². The summed E-state index contributed by atoms with van der Waals surface area (Å²) in [5, 5.41) is 0. The van der Waals surface area contributed by atoms with E-state index in [1.54, 1.807) is 6.92 Å². The van der Waals surface area contributed by atoms with Gasteiger partial charge in [-0.05, 0) is 19.3 Å². The molecule has 0 spiro atoms. The summed E-state index contributed by atoms with van der Waals surface area (Å²) in [6.07, 6.45) is 4.45. The van der Waals surface area contributed by atoms with Gasteiger partial charge in [0, 0.05) is 12.6 Å². The van der Waals surface area contributed by atoms with Crippen LogP contribution in [0.5, 0.6) is 0 Å². The Morgan fingerprint density at radius 3 is 2.57 bits per heavy atom. The lowest BCUT2D eigenvalue weighted by molar-refractivity contribution is 0.307. The third-order valence-corrected chi connectivity index (χ3v) is 4.29. The van der Waals surface area contributed by atoms with Gasteiger partial charge in [-0.3, -0.25) is 0 Å². The summed E-state index contributed by atoms with van der Waals surface area (Å²) in [5.41, 5.74) is 5.35. The lowest BCUT2D eigenvalue weighted by atomic mass is 9.84. The Balaban J connectivity index is 2.25. The largest absolute Gasteiger partial charge is 0.329 e. The van der Waals surface area contributed by atoms with Crippen LogP contribution < -0.4 is 10.5 Å². The average Bonchev–Trinajstić information content (AvgIpc) is 2.00. The van der Waals surface area contributed by atoms with E-state index in [1.807, 2.05) is 0 Å². The van der Waals surface area contributed by atoms with Gasteiger partial charge in [0.25, 0.3) is 0 Å². The predicted octanol–water partition coefficient (Wildman–Crippen LogP) is 0.443. The summed E-state index contributed by atoms with van der Waals surface area (Å²) in [5.74, 6) is 0.891. The Bertz CT molecular complexity index is 260. The van der Waals surface area contributed by atoms with Crippen molar-refractivity contribution in [2.45, 2.75) is 38.6 Å². The monoisotopic (exact) mass is 220 g/mol. The number of nitrogens with two attached hydrogens (primary N) is 1. The lowest BCUT2D eigenvalue weighted by Gasteiger charge is -2.25. The first kappa shape index (κ1) is 11.9. The fourth-order valence-electron chi connectivity index (χ4n) is 1.52. The van der Waals surface area contributed by atoms with Crippen LogP contribution in [0.1, 0.15) is 32.6 Å². The molecule has 1 aliphatic carbocycles. The fourth-order valence-corrected chi connectivity index (χ4v) is 2.99. The summed E-state index contributed by atoms with van der Waals surface area (Å²) in [6, 6.07) is -0.151. The smallest absolute Gasteiger partial charge is 0.211 e. The van der Waals surface area contributed by atoms with Crippen LogP contribution in [-0.2, 0) is 10.0 Å². The Morgan fingerprint density at radius 1 is 1.50 bits per heavy atom. The maximum Gasteiger partial charge on any atom is 0.211 e. The van der Waals surface area contributed by atoms with Gasteiger partial charge in [0.1, 0.15) is 0 Å². The Kier molecular flexibility index (Phi) is 4.34. The van der Waals surface area contributed by atoms with E-state index in [1.165, 1.54) is 19.3 Å². The maximum absolute atomic E-state index is 11.5. The molecule has 0 aromatic heterocycles. The van der Waals surface area contributed by atoms with Crippen molar-refractivity contribution in [3.8, 4) is 0 Å². The molecule has 14 heavy (non-hydrogen) atoms. The third-order valence-electron chi connectivity index (χ3n) is 2.75. The molecule has 1 saturated carbocycles. The van der Waals surface area contributed by atoms with E-state index >= 15 is 0 Å². The van der Waals surface area contributed by atoms with Crippen LogP contribution in [-0.4, -0.2) is 26.8 Å². The van der Waals surface area contributed by atoms with Crippen LogP contribution in [0.25, 0.3) is 0 Å². The number of sulfonamides is 1. The second kappa shape index (κ2) is 5.09. The second-order valence-electron chi connectivity index (χ2n) is 4.16. The molecular formula is C9H20N2O2S. The number of hydrogen-bond acceptors (Lipinski definition) is 3. The summed E-state index contributed by atoms with van der Waals surface area (Å²) in [7, 11) is -3.09. The van der Waals surface area contributed by atoms with Crippen LogP contribution in [0.3, 0.4) is 0 Å². The van der Waals surface area contributed by atoms with Gasteiger partial charge in [0.05, 0.1) is 5.75 Å². The number of nitrogens with one attached hydrogen (secondary N) is 1. The molecule has 0 saturated heterocycles. The zero-order valence-corrected chi connectivity index (χ0v) is 9.52. The highest BCUT2D eigenvalue weighted by Gasteiger charge is 2.21. The minimum atomic E-state index is -3.09. The van der Waals surface area contributed by atoms with Crippen molar-refractivity contribution in [3.63, 3.8) is 0 Å². The predicted molar refractivity (Wildman–Crippen MR) is 57.4 cm³/mol. The van der Waals surface area contributed by atoms with Gasteiger partial charge in [0.15, 0.2) is 0 Å². The van der Waals surface area contributed by atoms with E-state index in [9.17, 15) is 8.42 Å². The lowest BCUT2D eigenvalue weighted by Crippen LogP contribution is -2.39. The van der Waals surface area contributed by atoms with Gasteiger partial charge in [-0.25, -0.2) is 13.1 Å². The molecule has 4 nitrogen and oxygen atoms in total. The molecule has 0 unspecified atom stereocenters. The molecule has 1 rings (SSSR count). The highest BCUT2D eigenvalue weighted by Crippen LogP contribution is 2.29. The van der Waals surface area contributed by atoms with Gasteiger partial charge in [0.2, 0.25) is 10.0 Å². The van der Waals surface area contributed by atoms with E-state index in [2.05, 4.69) is 4.72 Å². The van der Waals surface area contributed by atoms with E-state index in [-0.39, 0.29) is 11.8 Å². The van der Waals surface area contributed by atoms with E-state index in [4.69, 9.17) is 5.73 Å². The van der Waals surface area contributed by atoms with Crippen LogP contribution in [0.15, 0.2) is 0 Å². The molecule has 5 heteroatoms. The molecule has 0 heterocycles. The molecule has 0 aromatic rings. The van der Waals surface area contributed by atoms with Crippen molar-refractivity contribution in [2.24, 2.45) is 11.7 Å². The molecule has 0 radical (unpaired) electrons. The Labute approximate surface area is 86.3 Å². The fraction of sp³-hybridized carbons (Fsp3) is 1.00. The molecule has 0 amide bonds. The van der Waals surface area contributed by atoms with Crippen LogP contribution in [0, 0.1) is 5.92 Å². The minimum absolute atomic E-state index is 0.151. The normalized spacial score (nSPS) is 20.4. The van der Waals surface area contributed by atoms with Crippen molar-refractivity contribution < 1.29 is 8.42 Å². The van der Waals surface area contributed by atoms with Gasteiger partial charge >= 0.3 is 0 Å². The Hall–Kier alpha value is -0.130. The highest BCUT2D eigenvalue weighted by molar-refractivity contribution is 7.89. The minimum Gasteiger partial charge on any atom is -0.329 e. The first-order valence-electron chi connectivity index (χ1n) is 5.23. The third kappa shape index (κ3) is 3.94. The first-order chi connectivity index (χ1) is 6.53. The van der Waals surface area contributed by atoms with Crippen molar-refractivity contribution in [3.05, 3.63) is 0 Å². The summed E-state index contributed by atoms with van der Waals surface area (Å²) >= 11 is 0. The summed E-state index contributed by atoms with van der Waals surface area (Å²) in [6.45, 7) is 2.13. The first-order valence-corrected chi connectivity index (χ1v) is 6.89. The van der Waals surface area contributed by atoms with Gasteiger partial charge < -0.3 is 5.73 Å². The van der Waals surface area contributed by atoms with Crippen molar-refractivity contribution >= 4 is 10.0 Å². The van der Waals surface area contributed by atoms with Crippen molar-refractivity contribution in [1.82, 2.24) is 4.72 Å². The van der Waals surface area contributed by atoms with Gasteiger partial charge in [-0.2, -0.15) is 0 Å². The molecule has 1 atom stereocenters. The topological polar surface area (TPSA) is 72.2 Å². The zero-order valence-electron chi connectivity index (χ0n) is 8.70. The van der Waals surface area contributed by atoms with E-state index in [0.29, 0.717) is 12.5 Å². The maximum atomic E-state index is 11.5. The molecule has 0 bridgehead atoms. The number of rotatable bonds is 6.